The van der Waals surface area contributed by atoms with Gasteiger partial charge in [-0.05, 0) is 66.9 Å². The van der Waals surface area contributed by atoms with Crippen molar-refractivity contribution in [3.63, 3.8) is 0 Å². The highest BCUT2D eigenvalue weighted by molar-refractivity contribution is 9.10. The van der Waals surface area contributed by atoms with E-state index in [9.17, 15) is 0 Å². The fraction of sp³-hybridized carbons (Fsp3) is 0.500. The molecule has 4 rings (SSSR count). The second-order valence-electron chi connectivity index (χ2n) is 7.26. The van der Waals surface area contributed by atoms with E-state index >= 15 is 0 Å². The summed E-state index contributed by atoms with van der Waals surface area (Å²) in [5, 5.41) is 0. The van der Waals surface area contributed by atoms with Crippen LogP contribution < -0.4 is 4.90 Å². The number of rotatable bonds is 3. The van der Waals surface area contributed by atoms with E-state index in [1.54, 1.807) is 0 Å². The van der Waals surface area contributed by atoms with Crippen LogP contribution in [-0.4, -0.2) is 45.7 Å². The maximum absolute atomic E-state index is 4.22. The van der Waals surface area contributed by atoms with Crippen LogP contribution in [0.1, 0.15) is 26.7 Å². The molecule has 0 amide bonds. The van der Waals surface area contributed by atoms with Crippen LogP contribution in [0.4, 0.5) is 5.69 Å². The second kappa shape index (κ2) is 5.64. The van der Waals surface area contributed by atoms with E-state index in [4.69, 9.17) is 0 Å². The lowest BCUT2D eigenvalue weighted by molar-refractivity contribution is -0.0171. The highest BCUT2D eigenvalue weighted by Gasteiger charge is 2.42. The van der Waals surface area contributed by atoms with Crippen LogP contribution in [0.2, 0.25) is 0 Å². The first kappa shape index (κ1) is 15.2. The molecule has 1 atom stereocenters. The van der Waals surface area contributed by atoms with Gasteiger partial charge >= 0.3 is 0 Å². The number of anilines is 1. The Morgan fingerprint density at radius 3 is 2.43 bits per heavy atom. The number of benzene rings is 1. The zero-order valence-electron chi connectivity index (χ0n) is 13.7. The summed E-state index contributed by atoms with van der Waals surface area (Å²) in [5.41, 5.74) is 2.87. The maximum atomic E-state index is 4.22. The summed E-state index contributed by atoms with van der Waals surface area (Å²) in [7, 11) is 0. The van der Waals surface area contributed by atoms with Gasteiger partial charge in [0, 0.05) is 48.8 Å². The van der Waals surface area contributed by atoms with Crippen LogP contribution in [-0.2, 0) is 0 Å². The standard InChI is InChI=1S/C18H23BrN4/c1-18(2)8-10-23(18)16-7-9-21(11-16)14-3-5-15(6-4-14)22-12-17(19)20-13-22/h3-6,12-13,16H,7-11H2,1-2H3. The van der Waals surface area contributed by atoms with E-state index in [1.165, 1.54) is 25.1 Å². The van der Waals surface area contributed by atoms with Crippen LogP contribution in [0, 0.1) is 0 Å². The third-order valence-electron chi connectivity index (χ3n) is 5.41. The van der Waals surface area contributed by atoms with E-state index in [0.29, 0.717) is 11.6 Å². The predicted octanol–water partition coefficient (Wildman–Crippen LogP) is 3.70. The van der Waals surface area contributed by atoms with Gasteiger partial charge in [-0.25, -0.2) is 4.98 Å². The first-order chi connectivity index (χ1) is 11.0. The largest absolute Gasteiger partial charge is 0.370 e. The van der Waals surface area contributed by atoms with Crippen molar-refractivity contribution in [2.24, 2.45) is 0 Å². The minimum absolute atomic E-state index is 0.402. The Labute approximate surface area is 146 Å². The van der Waals surface area contributed by atoms with Crippen LogP contribution in [0.5, 0.6) is 0 Å². The van der Waals surface area contributed by atoms with Gasteiger partial charge in [-0.1, -0.05) is 0 Å². The molecule has 2 fully saturated rings. The van der Waals surface area contributed by atoms with Crippen molar-refractivity contribution in [2.45, 2.75) is 38.3 Å². The van der Waals surface area contributed by atoms with Crippen LogP contribution in [0.25, 0.3) is 5.69 Å². The lowest BCUT2D eigenvalue weighted by atomic mass is 9.86. The number of nitrogens with zero attached hydrogens (tertiary/aromatic N) is 4. The summed E-state index contributed by atoms with van der Waals surface area (Å²) in [6, 6.07) is 9.51. The summed E-state index contributed by atoms with van der Waals surface area (Å²) >= 11 is 3.39. The summed E-state index contributed by atoms with van der Waals surface area (Å²) < 4.78 is 2.89. The topological polar surface area (TPSA) is 24.3 Å². The molecule has 1 aromatic carbocycles. The minimum Gasteiger partial charge on any atom is -0.370 e. The Balaban J connectivity index is 1.45. The minimum atomic E-state index is 0.402. The van der Waals surface area contributed by atoms with Gasteiger partial charge in [0.25, 0.3) is 0 Å². The summed E-state index contributed by atoms with van der Waals surface area (Å²) in [4.78, 5) is 9.42. The van der Waals surface area contributed by atoms with Gasteiger partial charge in [-0.15, -0.1) is 0 Å². The Kier molecular flexibility index (Phi) is 3.73. The smallest absolute Gasteiger partial charge is 0.124 e. The number of aromatic nitrogens is 2. The molecule has 4 nitrogen and oxygen atoms in total. The summed E-state index contributed by atoms with van der Waals surface area (Å²) in [6.45, 7) is 8.32. The molecule has 1 unspecified atom stereocenters. The summed E-state index contributed by atoms with van der Waals surface area (Å²) in [6.07, 6.45) is 6.42. The quantitative estimate of drug-likeness (QED) is 0.818. The molecule has 3 heterocycles. The van der Waals surface area contributed by atoms with Crippen molar-refractivity contribution in [3.8, 4) is 5.69 Å². The van der Waals surface area contributed by atoms with E-state index in [2.05, 4.69) is 68.8 Å². The van der Waals surface area contributed by atoms with Crippen LogP contribution in [0.3, 0.4) is 0 Å². The highest BCUT2D eigenvalue weighted by Crippen LogP contribution is 2.35. The van der Waals surface area contributed by atoms with Crippen molar-refractivity contribution in [2.75, 3.05) is 24.5 Å². The number of hydrogen-bond acceptors (Lipinski definition) is 3. The van der Waals surface area contributed by atoms with Crippen molar-refractivity contribution >= 4 is 21.6 Å². The van der Waals surface area contributed by atoms with Gasteiger partial charge in [0.2, 0.25) is 0 Å². The van der Waals surface area contributed by atoms with Gasteiger partial charge in [-0.3, -0.25) is 4.90 Å². The Hall–Kier alpha value is -1.33. The normalized spacial score (nSPS) is 24.0. The van der Waals surface area contributed by atoms with E-state index in [1.807, 2.05) is 17.1 Å². The molecule has 0 spiro atoms. The second-order valence-corrected chi connectivity index (χ2v) is 8.08. The van der Waals surface area contributed by atoms with Crippen molar-refractivity contribution in [3.05, 3.63) is 41.4 Å². The molecule has 5 heteroatoms. The number of imidazole rings is 1. The average molecular weight is 375 g/mol. The fourth-order valence-corrected chi connectivity index (χ4v) is 4.18. The molecule has 122 valence electrons. The molecule has 2 aliphatic heterocycles. The molecule has 23 heavy (non-hydrogen) atoms. The molecule has 0 radical (unpaired) electrons. The van der Waals surface area contributed by atoms with Crippen molar-refractivity contribution in [1.29, 1.82) is 0 Å². The molecular formula is C18H23BrN4. The molecular weight excluding hydrogens is 352 g/mol. The zero-order valence-corrected chi connectivity index (χ0v) is 15.3. The van der Waals surface area contributed by atoms with Crippen LogP contribution in [0.15, 0.2) is 41.4 Å². The van der Waals surface area contributed by atoms with E-state index in [0.717, 1.165) is 23.4 Å². The number of likely N-dealkylation sites (tertiary alicyclic amines) is 1. The summed E-state index contributed by atoms with van der Waals surface area (Å²) in [5.74, 6) is 0. The highest BCUT2D eigenvalue weighted by atomic mass is 79.9. The molecule has 2 aromatic rings. The third kappa shape index (κ3) is 2.81. The molecule has 2 saturated heterocycles. The lowest BCUT2D eigenvalue weighted by Crippen LogP contribution is -2.60. The monoisotopic (exact) mass is 374 g/mol. The van der Waals surface area contributed by atoms with Gasteiger partial charge < -0.3 is 9.47 Å². The van der Waals surface area contributed by atoms with E-state index < -0.39 is 0 Å². The molecule has 2 aliphatic rings. The molecule has 0 aliphatic carbocycles. The van der Waals surface area contributed by atoms with Gasteiger partial charge in [0.05, 0.1) is 0 Å². The SMILES string of the molecule is CC1(C)CCN1C1CCN(c2ccc(-n3cnc(Br)c3)cc2)C1. The molecule has 0 N–H and O–H groups in total. The molecule has 0 bridgehead atoms. The molecule has 0 saturated carbocycles. The Morgan fingerprint density at radius 2 is 1.87 bits per heavy atom. The maximum Gasteiger partial charge on any atom is 0.124 e. The number of hydrogen-bond donors (Lipinski definition) is 0. The van der Waals surface area contributed by atoms with Crippen molar-refractivity contribution in [1.82, 2.24) is 14.5 Å². The van der Waals surface area contributed by atoms with E-state index in [-0.39, 0.29) is 0 Å². The fourth-order valence-electron chi connectivity index (χ4n) is 3.87. The Morgan fingerprint density at radius 1 is 1.13 bits per heavy atom. The van der Waals surface area contributed by atoms with Gasteiger partial charge in [0.15, 0.2) is 0 Å². The van der Waals surface area contributed by atoms with Gasteiger partial charge in [0.1, 0.15) is 10.9 Å². The first-order valence-corrected chi connectivity index (χ1v) is 9.14. The Bertz CT molecular complexity index is 691. The average Bonchev–Trinajstić information content (AvgIpc) is 3.16. The third-order valence-corrected chi connectivity index (χ3v) is 5.82. The zero-order chi connectivity index (χ0) is 16.0. The molecule has 1 aromatic heterocycles. The van der Waals surface area contributed by atoms with Gasteiger partial charge in [-0.2, -0.15) is 0 Å². The lowest BCUT2D eigenvalue weighted by Gasteiger charge is -2.51. The van der Waals surface area contributed by atoms with Crippen molar-refractivity contribution < 1.29 is 0 Å². The number of halogens is 1. The predicted molar refractivity (Wildman–Crippen MR) is 97.3 cm³/mol. The first-order valence-electron chi connectivity index (χ1n) is 8.34. The van der Waals surface area contributed by atoms with Crippen LogP contribution >= 0.6 is 15.9 Å².